The lowest BCUT2D eigenvalue weighted by Crippen LogP contribution is -2.41. The third kappa shape index (κ3) is 8.77. The minimum atomic E-state index is 0.0507. The van der Waals surface area contributed by atoms with Crippen molar-refractivity contribution in [2.24, 2.45) is 0 Å². The van der Waals surface area contributed by atoms with Crippen LogP contribution in [-0.2, 0) is 0 Å². The van der Waals surface area contributed by atoms with Gasteiger partial charge in [-0.25, -0.2) is 0 Å². The van der Waals surface area contributed by atoms with E-state index in [1.54, 1.807) is 0 Å². The maximum Gasteiger partial charge on any atom is 0.190 e. The number of nitrogens with zero attached hydrogens (tertiary/aromatic N) is 1. The highest BCUT2D eigenvalue weighted by molar-refractivity contribution is 6.19. The molecule has 0 saturated carbocycles. The first-order chi connectivity index (χ1) is 11.1. The molecule has 0 aromatic heterocycles. The number of rotatable bonds is 13. The van der Waals surface area contributed by atoms with Gasteiger partial charge in [0.25, 0.3) is 0 Å². The standard InChI is InChI=1S/C21H37ClN/c1-4-5-6-7-8-9-10-11-12-16-19-23(2,3)21(22)20-17-14-13-15-18-20/h13-15,17-18,21H,4-12,16,19H2,1-3H3/q+1. The lowest BCUT2D eigenvalue weighted by atomic mass is 10.1. The Morgan fingerprint density at radius 2 is 1.26 bits per heavy atom. The van der Waals surface area contributed by atoms with Gasteiger partial charge in [0.2, 0.25) is 0 Å². The topological polar surface area (TPSA) is 0 Å². The molecule has 23 heavy (non-hydrogen) atoms. The fourth-order valence-corrected chi connectivity index (χ4v) is 3.38. The maximum atomic E-state index is 6.69. The van der Waals surface area contributed by atoms with Crippen LogP contribution in [0.25, 0.3) is 0 Å². The van der Waals surface area contributed by atoms with Crippen LogP contribution in [0, 0.1) is 0 Å². The second-order valence-electron chi connectivity index (χ2n) is 7.43. The van der Waals surface area contributed by atoms with E-state index in [0.29, 0.717) is 0 Å². The Morgan fingerprint density at radius 3 is 1.78 bits per heavy atom. The van der Waals surface area contributed by atoms with Gasteiger partial charge in [0.1, 0.15) is 0 Å². The molecule has 0 heterocycles. The fourth-order valence-electron chi connectivity index (χ4n) is 3.14. The molecule has 1 aromatic carbocycles. The molecule has 2 heteroatoms. The Bertz CT molecular complexity index is 388. The molecule has 0 fully saturated rings. The summed E-state index contributed by atoms with van der Waals surface area (Å²) in [6, 6.07) is 10.5. The van der Waals surface area contributed by atoms with Crippen LogP contribution in [0.15, 0.2) is 30.3 Å². The van der Waals surface area contributed by atoms with E-state index in [1.165, 1.54) is 69.8 Å². The lowest BCUT2D eigenvalue weighted by molar-refractivity contribution is -0.907. The molecular weight excluding hydrogens is 302 g/mol. The van der Waals surface area contributed by atoms with Crippen molar-refractivity contribution >= 4 is 11.6 Å². The van der Waals surface area contributed by atoms with Gasteiger partial charge >= 0.3 is 0 Å². The summed E-state index contributed by atoms with van der Waals surface area (Å²) in [6.45, 7) is 3.43. The van der Waals surface area contributed by atoms with Crippen molar-refractivity contribution in [3.63, 3.8) is 0 Å². The summed E-state index contributed by atoms with van der Waals surface area (Å²) in [5.74, 6) is 0. The molecule has 0 aliphatic heterocycles. The maximum absolute atomic E-state index is 6.69. The highest BCUT2D eigenvalue weighted by Crippen LogP contribution is 2.29. The van der Waals surface area contributed by atoms with E-state index < -0.39 is 0 Å². The molecule has 0 radical (unpaired) electrons. The molecule has 1 unspecified atom stereocenters. The van der Waals surface area contributed by atoms with Gasteiger partial charge in [0, 0.05) is 5.56 Å². The molecule has 0 spiro atoms. The normalized spacial score (nSPS) is 13.2. The van der Waals surface area contributed by atoms with Gasteiger partial charge in [0.15, 0.2) is 5.50 Å². The van der Waals surface area contributed by atoms with Gasteiger partial charge in [-0.05, 0) is 12.8 Å². The van der Waals surface area contributed by atoms with E-state index in [2.05, 4.69) is 51.4 Å². The van der Waals surface area contributed by atoms with Crippen LogP contribution in [0.2, 0.25) is 0 Å². The zero-order valence-corrected chi connectivity index (χ0v) is 16.3. The van der Waals surface area contributed by atoms with E-state index in [-0.39, 0.29) is 5.50 Å². The zero-order valence-electron chi connectivity index (χ0n) is 15.6. The molecule has 0 aliphatic rings. The molecule has 0 bridgehead atoms. The molecule has 1 aromatic rings. The molecular formula is C21H37ClN+. The number of quaternary nitrogens is 1. The van der Waals surface area contributed by atoms with Crippen molar-refractivity contribution in [2.45, 2.75) is 76.6 Å². The molecule has 0 amide bonds. The summed E-state index contributed by atoms with van der Waals surface area (Å²) in [7, 11) is 4.50. The summed E-state index contributed by atoms with van der Waals surface area (Å²) in [6.07, 6.45) is 13.9. The highest BCUT2D eigenvalue weighted by Gasteiger charge is 2.26. The quantitative estimate of drug-likeness (QED) is 0.158. The van der Waals surface area contributed by atoms with Gasteiger partial charge in [-0.2, -0.15) is 0 Å². The fraction of sp³-hybridized carbons (Fsp3) is 0.714. The van der Waals surface area contributed by atoms with Crippen LogP contribution in [0.5, 0.6) is 0 Å². The van der Waals surface area contributed by atoms with Crippen LogP contribution in [0.4, 0.5) is 0 Å². The Balaban J connectivity index is 2.10. The summed E-state index contributed by atoms with van der Waals surface area (Å²) in [5, 5.41) is 0. The van der Waals surface area contributed by atoms with Crippen LogP contribution >= 0.6 is 11.6 Å². The van der Waals surface area contributed by atoms with Gasteiger partial charge in [-0.3, -0.25) is 0 Å². The van der Waals surface area contributed by atoms with E-state index in [1.807, 2.05) is 0 Å². The Hall–Kier alpha value is -0.530. The first-order valence-electron chi connectivity index (χ1n) is 9.59. The molecule has 132 valence electrons. The molecule has 1 atom stereocenters. The minimum absolute atomic E-state index is 0.0507. The zero-order chi connectivity index (χ0) is 17.0. The van der Waals surface area contributed by atoms with E-state index in [4.69, 9.17) is 11.6 Å². The SMILES string of the molecule is CCCCCCCCCCCC[N+](C)(C)C(Cl)c1ccccc1. The largest absolute Gasteiger partial charge is 0.310 e. The second kappa shape index (κ2) is 11.9. The molecule has 0 aliphatic carbocycles. The first kappa shape index (κ1) is 20.5. The van der Waals surface area contributed by atoms with Crippen molar-refractivity contribution in [3.05, 3.63) is 35.9 Å². The van der Waals surface area contributed by atoms with Crippen molar-refractivity contribution in [1.29, 1.82) is 0 Å². The molecule has 0 saturated heterocycles. The van der Waals surface area contributed by atoms with E-state index in [0.717, 1.165) is 11.0 Å². The Labute approximate surface area is 149 Å². The van der Waals surface area contributed by atoms with Crippen LogP contribution < -0.4 is 0 Å². The van der Waals surface area contributed by atoms with Gasteiger partial charge in [-0.15, -0.1) is 0 Å². The minimum Gasteiger partial charge on any atom is -0.310 e. The number of unbranched alkanes of at least 4 members (excludes halogenated alkanes) is 9. The van der Waals surface area contributed by atoms with Gasteiger partial charge in [-0.1, -0.05) is 100 Å². The summed E-state index contributed by atoms with van der Waals surface area (Å²) < 4.78 is 0.864. The van der Waals surface area contributed by atoms with Gasteiger partial charge < -0.3 is 4.48 Å². The molecule has 1 rings (SSSR count). The summed E-state index contributed by atoms with van der Waals surface area (Å²) in [4.78, 5) is 0. The number of hydrogen-bond donors (Lipinski definition) is 0. The molecule has 0 N–H and O–H groups in total. The number of benzene rings is 1. The predicted octanol–water partition coefficient (Wildman–Crippen LogP) is 6.92. The molecule has 1 nitrogen and oxygen atoms in total. The van der Waals surface area contributed by atoms with E-state index >= 15 is 0 Å². The van der Waals surface area contributed by atoms with Crippen LogP contribution in [-0.4, -0.2) is 25.1 Å². The summed E-state index contributed by atoms with van der Waals surface area (Å²) in [5.41, 5.74) is 1.28. The Morgan fingerprint density at radius 1 is 0.783 bits per heavy atom. The smallest absolute Gasteiger partial charge is 0.190 e. The van der Waals surface area contributed by atoms with Crippen molar-refractivity contribution in [2.75, 3.05) is 20.6 Å². The van der Waals surface area contributed by atoms with E-state index in [9.17, 15) is 0 Å². The third-order valence-corrected chi connectivity index (χ3v) is 5.56. The summed E-state index contributed by atoms with van der Waals surface area (Å²) >= 11 is 6.69. The first-order valence-corrected chi connectivity index (χ1v) is 10.0. The van der Waals surface area contributed by atoms with Crippen LogP contribution in [0.1, 0.15) is 82.2 Å². The average Bonchev–Trinajstić information content (AvgIpc) is 2.56. The number of hydrogen-bond acceptors (Lipinski definition) is 0. The monoisotopic (exact) mass is 338 g/mol. The Kier molecular flexibility index (Phi) is 10.6. The van der Waals surface area contributed by atoms with Crippen LogP contribution in [0.3, 0.4) is 0 Å². The van der Waals surface area contributed by atoms with Crippen molar-refractivity contribution in [1.82, 2.24) is 0 Å². The predicted molar refractivity (Wildman–Crippen MR) is 104 cm³/mol. The number of halogens is 1. The number of alkyl halides is 1. The van der Waals surface area contributed by atoms with Gasteiger partial charge in [0.05, 0.1) is 20.6 Å². The third-order valence-electron chi connectivity index (χ3n) is 4.78. The van der Waals surface area contributed by atoms with Crippen molar-refractivity contribution < 1.29 is 4.48 Å². The average molecular weight is 339 g/mol. The highest BCUT2D eigenvalue weighted by atomic mass is 35.5. The van der Waals surface area contributed by atoms with Crippen molar-refractivity contribution in [3.8, 4) is 0 Å². The lowest BCUT2D eigenvalue weighted by Gasteiger charge is -2.34. The second-order valence-corrected chi connectivity index (χ2v) is 7.84.